The van der Waals surface area contributed by atoms with E-state index in [0.717, 1.165) is 36.2 Å². The minimum atomic E-state index is -1.13. The molecule has 1 aromatic rings. The quantitative estimate of drug-likeness (QED) is 0.422. The zero-order valence-corrected chi connectivity index (χ0v) is 19.0. The van der Waals surface area contributed by atoms with Crippen molar-refractivity contribution >= 4 is 5.97 Å². The smallest absolute Gasteiger partial charge is 0.335 e. The van der Waals surface area contributed by atoms with Crippen LogP contribution >= 0.6 is 0 Å². The van der Waals surface area contributed by atoms with Crippen LogP contribution in [0.25, 0.3) is 0 Å². The molecule has 2 heterocycles. The zero-order valence-electron chi connectivity index (χ0n) is 19.0. The number of hydrogen-bond acceptors (Lipinski definition) is 5. The molecule has 2 aliphatic carbocycles. The second-order valence-electron chi connectivity index (χ2n) is 10.5. The Labute approximate surface area is 179 Å². The molecular weight excluding hydrogens is 380 g/mol. The van der Waals surface area contributed by atoms with Gasteiger partial charge < -0.3 is 19.0 Å². The van der Waals surface area contributed by atoms with E-state index in [1.807, 2.05) is 32.9 Å². The molecule has 5 heteroatoms. The normalized spacial score (nSPS) is 36.7. The van der Waals surface area contributed by atoms with Gasteiger partial charge in [0.1, 0.15) is 17.1 Å². The molecular formula is C25H34O5. The standard InChI is InChI=1S/C25H34O5/c1-15(2)11-21(26)28-10-8-18-17-12-16(3)30-22(17)25(27)14-29-23(4,5)19-7-9-24(18,6)13-20(19)25/h8,10-12,18-20,27H,7,9,13-14H2,1-6H3/b10-8+/t18-,19+,20?,24-,25-/m0/s1. The summed E-state index contributed by atoms with van der Waals surface area (Å²) >= 11 is 0. The van der Waals surface area contributed by atoms with Crippen molar-refractivity contribution in [1.82, 2.24) is 0 Å². The molecule has 2 bridgehead atoms. The van der Waals surface area contributed by atoms with Gasteiger partial charge in [0.25, 0.3) is 0 Å². The number of rotatable bonds is 3. The van der Waals surface area contributed by atoms with Crippen molar-refractivity contribution in [2.24, 2.45) is 17.3 Å². The molecule has 1 saturated heterocycles. The first-order chi connectivity index (χ1) is 14.0. The molecule has 164 valence electrons. The highest BCUT2D eigenvalue weighted by Crippen LogP contribution is 2.63. The lowest BCUT2D eigenvalue weighted by molar-refractivity contribution is -0.247. The van der Waals surface area contributed by atoms with E-state index < -0.39 is 5.60 Å². The summed E-state index contributed by atoms with van der Waals surface area (Å²) < 4.78 is 17.7. The molecule has 2 fully saturated rings. The predicted octanol–water partition coefficient (Wildman–Crippen LogP) is 5.13. The second-order valence-corrected chi connectivity index (χ2v) is 10.5. The maximum Gasteiger partial charge on any atom is 0.335 e. The number of aryl methyl sites for hydroxylation is 1. The van der Waals surface area contributed by atoms with E-state index in [0.29, 0.717) is 5.76 Å². The summed E-state index contributed by atoms with van der Waals surface area (Å²) in [6.45, 7) is 12.4. The lowest BCUT2D eigenvalue weighted by atomic mass is 9.55. The zero-order chi connectivity index (χ0) is 21.9. The van der Waals surface area contributed by atoms with Crippen LogP contribution in [-0.2, 0) is 19.9 Å². The fourth-order valence-electron chi connectivity index (χ4n) is 6.06. The SMILES string of the molecule is CC(C)=CC(=O)O/C=C/[C@H]1c2cc(C)oc2[C@]2(O)COC(C)(C)[C@@H]3CC[C@@]1(C)CC32. The third-order valence-electron chi connectivity index (χ3n) is 7.59. The van der Waals surface area contributed by atoms with E-state index in [2.05, 4.69) is 20.8 Å². The van der Waals surface area contributed by atoms with Crippen LogP contribution in [0.4, 0.5) is 0 Å². The Morgan fingerprint density at radius 3 is 2.70 bits per heavy atom. The van der Waals surface area contributed by atoms with Gasteiger partial charge in [-0.05, 0) is 77.4 Å². The molecule has 3 aliphatic rings. The summed E-state index contributed by atoms with van der Waals surface area (Å²) in [6, 6.07) is 2.03. The minimum Gasteiger partial charge on any atom is -0.463 e. The van der Waals surface area contributed by atoms with Gasteiger partial charge in [0.2, 0.25) is 0 Å². The van der Waals surface area contributed by atoms with Gasteiger partial charge in [-0.15, -0.1) is 0 Å². The fourth-order valence-corrected chi connectivity index (χ4v) is 6.06. The molecule has 1 unspecified atom stereocenters. The molecule has 5 atom stereocenters. The molecule has 1 N–H and O–H groups in total. The van der Waals surface area contributed by atoms with Crippen LogP contribution in [-0.4, -0.2) is 23.3 Å². The highest BCUT2D eigenvalue weighted by Gasteiger charge is 2.62. The molecule has 4 rings (SSSR count). The minimum absolute atomic E-state index is 0.0110. The Morgan fingerprint density at radius 1 is 1.27 bits per heavy atom. The van der Waals surface area contributed by atoms with E-state index in [1.54, 1.807) is 0 Å². The maximum atomic E-state index is 12.0. The third kappa shape index (κ3) is 3.36. The average Bonchev–Trinajstić information content (AvgIpc) is 3.01. The summed E-state index contributed by atoms with van der Waals surface area (Å²) in [5, 5.41) is 11.9. The highest BCUT2D eigenvalue weighted by molar-refractivity contribution is 5.83. The van der Waals surface area contributed by atoms with Gasteiger partial charge in [0.15, 0.2) is 0 Å². The monoisotopic (exact) mass is 414 g/mol. The highest BCUT2D eigenvalue weighted by atomic mass is 16.5. The van der Waals surface area contributed by atoms with Crippen LogP contribution in [0.15, 0.2) is 34.5 Å². The lowest BCUT2D eigenvalue weighted by Crippen LogP contribution is -2.58. The van der Waals surface area contributed by atoms with Crippen molar-refractivity contribution in [3.05, 3.63) is 47.1 Å². The van der Waals surface area contributed by atoms with E-state index in [1.165, 1.54) is 12.3 Å². The topological polar surface area (TPSA) is 68.9 Å². The molecule has 0 spiro atoms. The molecule has 0 aromatic carbocycles. The molecule has 30 heavy (non-hydrogen) atoms. The third-order valence-corrected chi connectivity index (χ3v) is 7.59. The van der Waals surface area contributed by atoms with Crippen LogP contribution in [0.1, 0.15) is 76.9 Å². The summed E-state index contributed by atoms with van der Waals surface area (Å²) in [7, 11) is 0. The van der Waals surface area contributed by atoms with E-state index >= 15 is 0 Å². The summed E-state index contributed by atoms with van der Waals surface area (Å²) in [5.41, 5.74) is 0.416. The van der Waals surface area contributed by atoms with E-state index in [9.17, 15) is 9.90 Å². The van der Waals surface area contributed by atoms with Crippen LogP contribution in [0, 0.1) is 24.2 Å². The number of ether oxygens (including phenoxy) is 2. The molecule has 5 nitrogen and oxygen atoms in total. The molecule has 0 radical (unpaired) electrons. The van der Waals surface area contributed by atoms with Crippen LogP contribution < -0.4 is 0 Å². The fraction of sp³-hybridized carbons (Fsp3) is 0.640. The van der Waals surface area contributed by atoms with Crippen molar-refractivity contribution in [2.75, 3.05) is 6.61 Å². The number of hydrogen-bond donors (Lipinski definition) is 1. The average molecular weight is 415 g/mol. The van der Waals surface area contributed by atoms with Crippen LogP contribution in [0.3, 0.4) is 0 Å². The van der Waals surface area contributed by atoms with Gasteiger partial charge >= 0.3 is 5.97 Å². The number of aliphatic hydroxyl groups is 1. The maximum absolute atomic E-state index is 12.0. The van der Waals surface area contributed by atoms with Crippen LogP contribution in [0.5, 0.6) is 0 Å². The summed E-state index contributed by atoms with van der Waals surface area (Å²) in [4.78, 5) is 12.0. The van der Waals surface area contributed by atoms with Crippen molar-refractivity contribution in [2.45, 2.75) is 77.9 Å². The predicted molar refractivity (Wildman–Crippen MR) is 114 cm³/mol. The Balaban J connectivity index is 1.76. The molecule has 1 saturated carbocycles. The number of carbonyl (C=O) groups is 1. The Kier molecular flexibility index (Phi) is 5.06. The van der Waals surface area contributed by atoms with Gasteiger partial charge in [-0.1, -0.05) is 12.5 Å². The lowest BCUT2D eigenvalue weighted by Gasteiger charge is -2.56. The van der Waals surface area contributed by atoms with Crippen molar-refractivity contribution < 1.29 is 23.8 Å². The first kappa shape index (κ1) is 21.4. The Morgan fingerprint density at radius 2 is 2.00 bits per heavy atom. The van der Waals surface area contributed by atoms with Crippen LogP contribution in [0.2, 0.25) is 0 Å². The van der Waals surface area contributed by atoms with E-state index in [-0.39, 0.29) is 41.3 Å². The van der Waals surface area contributed by atoms with Gasteiger partial charge in [0, 0.05) is 23.5 Å². The number of carbonyl (C=O) groups excluding carboxylic acids is 1. The largest absolute Gasteiger partial charge is 0.463 e. The Bertz CT molecular complexity index is 903. The molecule has 1 aliphatic heterocycles. The number of furan rings is 1. The van der Waals surface area contributed by atoms with Gasteiger partial charge in [-0.3, -0.25) is 0 Å². The van der Waals surface area contributed by atoms with Crippen molar-refractivity contribution in [3.8, 4) is 0 Å². The second kappa shape index (κ2) is 7.10. The number of fused-ring (bicyclic) bond motifs is 3. The van der Waals surface area contributed by atoms with E-state index in [4.69, 9.17) is 13.9 Å². The molecule has 1 aromatic heterocycles. The Hall–Kier alpha value is -1.85. The van der Waals surface area contributed by atoms with Crippen molar-refractivity contribution in [1.29, 1.82) is 0 Å². The summed E-state index contributed by atoms with van der Waals surface area (Å²) in [5.74, 6) is 1.35. The number of esters is 1. The first-order valence-electron chi connectivity index (χ1n) is 11.0. The molecule has 0 amide bonds. The number of allylic oxidation sites excluding steroid dienone is 2. The van der Waals surface area contributed by atoms with Gasteiger partial charge in [-0.2, -0.15) is 0 Å². The first-order valence-corrected chi connectivity index (χ1v) is 11.0. The summed E-state index contributed by atoms with van der Waals surface area (Å²) in [6.07, 6.45) is 7.84. The van der Waals surface area contributed by atoms with Gasteiger partial charge in [-0.25, -0.2) is 4.79 Å². The van der Waals surface area contributed by atoms with Crippen molar-refractivity contribution in [3.63, 3.8) is 0 Å². The van der Waals surface area contributed by atoms with Gasteiger partial charge in [0.05, 0.1) is 18.5 Å².